The summed E-state index contributed by atoms with van der Waals surface area (Å²) < 4.78 is 95.6. The fraction of sp³-hybridized carbons (Fsp3) is 0.442. The van der Waals surface area contributed by atoms with Gasteiger partial charge in [-0.2, -0.15) is 0 Å². The molecule has 2 heterocycles. The molecular formula is C43H46F6N2O4. The number of hydrogen-bond donors (Lipinski definition) is 0. The summed E-state index contributed by atoms with van der Waals surface area (Å²) in [7, 11) is 0. The van der Waals surface area contributed by atoms with Gasteiger partial charge in [-0.3, -0.25) is 0 Å². The van der Waals surface area contributed by atoms with Gasteiger partial charge in [0, 0.05) is 37.1 Å². The molecule has 4 aromatic rings. The van der Waals surface area contributed by atoms with Crippen LogP contribution in [-0.4, -0.2) is 61.8 Å². The molecule has 2 aliphatic carbocycles. The molecule has 0 radical (unpaired) electrons. The van der Waals surface area contributed by atoms with Crippen LogP contribution in [-0.2, 0) is 12.8 Å². The lowest BCUT2D eigenvalue weighted by Crippen LogP contribution is -2.36. The molecule has 294 valence electrons. The largest absolute Gasteiger partial charge is 0.573 e. The zero-order chi connectivity index (χ0) is 38.4. The molecule has 8 rings (SSSR count). The molecule has 2 saturated heterocycles. The minimum Gasteiger partial charge on any atom is -0.485 e. The van der Waals surface area contributed by atoms with Gasteiger partial charge in [-0.05, 0) is 111 Å². The highest BCUT2D eigenvalue weighted by Gasteiger charge is 2.38. The third-order valence-corrected chi connectivity index (χ3v) is 10.8. The maximum absolute atomic E-state index is 12.5. The maximum atomic E-state index is 12.5. The van der Waals surface area contributed by atoms with Gasteiger partial charge in [0.05, 0.1) is 0 Å². The zero-order valence-electron chi connectivity index (χ0n) is 30.5. The second-order valence-electron chi connectivity index (χ2n) is 14.8. The lowest BCUT2D eigenvalue weighted by molar-refractivity contribution is -0.275. The first kappa shape index (κ1) is 38.8. The molecule has 4 aliphatic rings. The van der Waals surface area contributed by atoms with E-state index in [0.29, 0.717) is 11.5 Å². The van der Waals surface area contributed by atoms with E-state index in [1.807, 2.05) is 24.3 Å². The predicted octanol–water partition coefficient (Wildman–Crippen LogP) is 10.3. The molecule has 0 spiro atoms. The van der Waals surface area contributed by atoms with Crippen LogP contribution in [0.25, 0.3) is 0 Å². The highest BCUT2D eigenvalue weighted by atomic mass is 19.4. The Bertz CT molecular complexity index is 1860. The monoisotopic (exact) mass is 768 g/mol. The van der Waals surface area contributed by atoms with Crippen molar-refractivity contribution in [2.75, 3.05) is 39.3 Å². The van der Waals surface area contributed by atoms with Gasteiger partial charge in [0.1, 0.15) is 35.2 Å². The number of alkyl halides is 6. The lowest BCUT2D eigenvalue weighted by Gasteiger charge is -2.31. The van der Waals surface area contributed by atoms with Crippen molar-refractivity contribution in [3.8, 4) is 23.0 Å². The topological polar surface area (TPSA) is 43.4 Å². The molecule has 4 atom stereocenters. The van der Waals surface area contributed by atoms with E-state index in [1.54, 1.807) is 12.1 Å². The molecule has 12 heteroatoms. The van der Waals surface area contributed by atoms with Gasteiger partial charge in [-0.1, -0.05) is 67.1 Å². The molecule has 0 bridgehead atoms. The van der Waals surface area contributed by atoms with Crippen molar-refractivity contribution in [3.63, 3.8) is 0 Å². The zero-order valence-corrected chi connectivity index (χ0v) is 30.5. The Kier molecular flexibility index (Phi) is 12.1. The Balaban J connectivity index is 0.000000169. The third kappa shape index (κ3) is 10.7. The summed E-state index contributed by atoms with van der Waals surface area (Å²) in [5.74, 6) is 0.832. The average molecular weight is 769 g/mol. The van der Waals surface area contributed by atoms with Crippen LogP contribution in [0.3, 0.4) is 0 Å². The average Bonchev–Trinajstić information content (AvgIpc) is 3.87. The fourth-order valence-electron chi connectivity index (χ4n) is 8.48. The molecule has 0 aromatic heterocycles. The van der Waals surface area contributed by atoms with Crippen LogP contribution in [0, 0.1) is 11.8 Å². The van der Waals surface area contributed by atoms with Crippen LogP contribution < -0.4 is 18.9 Å². The van der Waals surface area contributed by atoms with E-state index in [0.717, 1.165) is 63.2 Å². The van der Waals surface area contributed by atoms with E-state index in [2.05, 4.69) is 43.5 Å². The Morgan fingerprint density at radius 3 is 1.27 bits per heavy atom. The van der Waals surface area contributed by atoms with E-state index in [9.17, 15) is 26.3 Å². The number of hydrogen-bond acceptors (Lipinski definition) is 6. The number of fused-ring (bicyclic) bond motifs is 2. The summed E-state index contributed by atoms with van der Waals surface area (Å²) in [6.45, 7) is 6.31. The highest BCUT2D eigenvalue weighted by Crippen LogP contribution is 2.42. The summed E-state index contributed by atoms with van der Waals surface area (Å²) in [5.41, 5.74) is 4.78. The standard InChI is InChI=1S/C22H24F3NO2.C21H22F3NO2/c23-22(24,25)28-19-9-6-8-18(14-19)27-21-17(15-26-11-4-1-5-12-26)13-16-7-2-3-10-20(16)21;22-21(23,24)27-18-8-5-7-17(13-18)26-20-16(14-25-10-3-4-11-25)12-15-6-1-2-9-19(15)20/h2-3,6-10,14,17,21H,1,4-5,11-13,15H2;1-2,5-9,13,16,20H,3-4,10-12,14H2/t17-,21+;16-,20+/m11/s1. The van der Waals surface area contributed by atoms with Crippen molar-refractivity contribution in [2.24, 2.45) is 11.8 Å². The summed E-state index contributed by atoms with van der Waals surface area (Å²) >= 11 is 0. The van der Waals surface area contributed by atoms with Gasteiger partial charge in [0.15, 0.2) is 0 Å². The summed E-state index contributed by atoms with van der Waals surface area (Å²) in [6, 6.07) is 28.0. The van der Waals surface area contributed by atoms with Crippen LogP contribution in [0.2, 0.25) is 0 Å². The van der Waals surface area contributed by atoms with Crippen LogP contribution in [0.1, 0.15) is 66.6 Å². The smallest absolute Gasteiger partial charge is 0.485 e. The Morgan fingerprint density at radius 1 is 0.473 bits per heavy atom. The normalized spacial score (nSPS) is 22.7. The van der Waals surface area contributed by atoms with Crippen molar-refractivity contribution < 1.29 is 45.3 Å². The van der Waals surface area contributed by atoms with Crippen molar-refractivity contribution in [2.45, 2.75) is 69.9 Å². The summed E-state index contributed by atoms with van der Waals surface area (Å²) in [4.78, 5) is 4.94. The van der Waals surface area contributed by atoms with E-state index >= 15 is 0 Å². The lowest BCUT2D eigenvalue weighted by atomic mass is 10.0. The third-order valence-electron chi connectivity index (χ3n) is 10.8. The van der Waals surface area contributed by atoms with E-state index in [-0.39, 0.29) is 35.5 Å². The first-order valence-corrected chi connectivity index (χ1v) is 19.1. The van der Waals surface area contributed by atoms with E-state index in [4.69, 9.17) is 9.47 Å². The van der Waals surface area contributed by atoms with E-state index < -0.39 is 12.7 Å². The number of likely N-dealkylation sites (tertiary alicyclic amines) is 2. The first-order chi connectivity index (χ1) is 26.5. The summed E-state index contributed by atoms with van der Waals surface area (Å²) in [5, 5.41) is 0. The van der Waals surface area contributed by atoms with Crippen LogP contribution in [0.15, 0.2) is 97.1 Å². The van der Waals surface area contributed by atoms with Gasteiger partial charge in [0.2, 0.25) is 0 Å². The van der Waals surface area contributed by atoms with Crippen molar-refractivity contribution in [1.82, 2.24) is 9.80 Å². The van der Waals surface area contributed by atoms with Crippen LogP contribution >= 0.6 is 0 Å². The first-order valence-electron chi connectivity index (χ1n) is 19.1. The Hall–Kier alpha value is -4.42. The molecule has 0 saturated carbocycles. The van der Waals surface area contributed by atoms with Crippen molar-refractivity contribution in [1.29, 1.82) is 0 Å². The number of piperidine rings is 1. The molecule has 55 heavy (non-hydrogen) atoms. The van der Waals surface area contributed by atoms with Gasteiger partial charge < -0.3 is 28.7 Å². The molecule has 0 amide bonds. The molecule has 6 nitrogen and oxygen atoms in total. The Labute approximate surface area is 317 Å². The molecule has 4 aromatic carbocycles. The second-order valence-corrected chi connectivity index (χ2v) is 14.8. The van der Waals surface area contributed by atoms with Gasteiger partial charge in [-0.15, -0.1) is 26.3 Å². The minimum absolute atomic E-state index is 0.164. The van der Waals surface area contributed by atoms with Crippen LogP contribution in [0.5, 0.6) is 23.0 Å². The quantitative estimate of drug-likeness (QED) is 0.150. The molecule has 2 aliphatic heterocycles. The number of halogens is 6. The number of ether oxygens (including phenoxy) is 4. The molecule has 0 unspecified atom stereocenters. The predicted molar refractivity (Wildman–Crippen MR) is 196 cm³/mol. The fourth-order valence-corrected chi connectivity index (χ4v) is 8.48. The maximum Gasteiger partial charge on any atom is 0.573 e. The van der Waals surface area contributed by atoms with Gasteiger partial charge in [0.25, 0.3) is 0 Å². The second kappa shape index (κ2) is 17.2. The number of benzene rings is 4. The molecule has 0 N–H and O–H groups in total. The van der Waals surface area contributed by atoms with E-state index in [1.165, 1.54) is 79.6 Å². The Morgan fingerprint density at radius 2 is 0.855 bits per heavy atom. The van der Waals surface area contributed by atoms with Gasteiger partial charge in [-0.25, -0.2) is 0 Å². The van der Waals surface area contributed by atoms with Crippen LogP contribution in [0.4, 0.5) is 26.3 Å². The molecule has 2 fully saturated rings. The minimum atomic E-state index is -4.71. The van der Waals surface area contributed by atoms with Gasteiger partial charge >= 0.3 is 12.7 Å². The van der Waals surface area contributed by atoms with Crippen molar-refractivity contribution >= 4 is 0 Å². The SMILES string of the molecule is FC(F)(F)Oc1cccc(O[C@@H]2c3ccccc3C[C@@H]2CN2CCCC2)c1.FC(F)(F)Oc1cccc(O[C@@H]2c3ccccc3C[C@@H]2CN2CCCCC2)c1. The highest BCUT2D eigenvalue weighted by molar-refractivity contribution is 5.40. The van der Waals surface area contributed by atoms with Crippen molar-refractivity contribution in [3.05, 3.63) is 119 Å². The number of rotatable bonds is 10. The number of nitrogens with zero attached hydrogens (tertiary/aromatic N) is 2. The molecular weight excluding hydrogens is 722 g/mol. The summed E-state index contributed by atoms with van der Waals surface area (Å²) in [6.07, 6.45) is -1.72.